The molecular weight excluding hydrogens is 266 g/mol. The van der Waals surface area contributed by atoms with E-state index >= 15 is 0 Å². The van der Waals surface area contributed by atoms with E-state index in [1.165, 1.54) is 0 Å². The van der Waals surface area contributed by atoms with Crippen molar-refractivity contribution in [3.63, 3.8) is 0 Å². The molecule has 0 fully saturated rings. The maximum atomic E-state index is 12.3. The number of hydrogen-bond acceptors (Lipinski definition) is 5. The number of benzene rings is 1. The molecule has 0 bridgehead atoms. The minimum Gasteiger partial charge on any atom is -0.399 e. The van der Waals surface area contributed by atoms with Gasteiger partial charge in [0, 0.05) is 11.4 Å². The van der Waals surface area contributed by atoms with Gasteiger partial charge in [-0.1, -0.05) is 5.16 Å². The van der Waals surface area contributed by atoms with Crippen molar-refractivity contribution in [2.75, 3.05) is 10.5 Å². The number of anilines is 2. The van der Waals surface area contributed by atoms with Gasteiger partial charge in [0.15, 0.2) is 10.7 Å². The van der Waals surface area contributed by atoms with Crippen LogP contribution in [0, 0.1) is 20.8 Å². The summed E-state index contributed by atoms with van der Waals surface area (Å²) in [6.07, 6.45) is 0. The zero-order valence-corrected chi connectivity index (χ0v) is 11.7. The minimum atomic E-state index is -3.71. The molecule has 0 saturated heterocycles. The summed E-state index contributed by atoms with van der Waals surface area (Å²) in [5.41, 5.74) is 7.89. The molecule has 7 heteroatoms. The molecule has 0 amide bonds. The molecule has 0 aliphatic rings. The second-order valence-electron chi connectivity index (χ2n) is 4.33. The summed E-state index contributed by atoms with van der Waals surface area (Å²) >= 11 is 0. The summed E-state index contributed by atoms with van der Waals surface area (Å²) in [5.74, 6) is 0.261. The second-order valence-corrected chi connectivity index (χ2v) is 5.95. The molecule has 1 aromatic carbocycles. The third kappa shape index (κ3) is 2.55. The molecule has 3 N–H and O–H groups in total. The van der Waals surface area contributed by atoms with E-state index in [1.54, 1.807) is 32.0 Å². The van der Waals surface area contributed by atoms with Gasteiger partial charge in [0.25, 0.3) is 10.0 Å². The van der Waals surface area contributed by atoms with E-state index in [1.807, 2.05) is 6.92 Å². The Morgan fingerprint density at radius 3 is 2.47 bits per heavy atom. The van der Waals surface area contributed by atoms with Gasteiger partial charge < -0.3 is 10.3 Å². The van der Waals surface area contributed by atoms with Crippen molar-refractivity contribution in [1.29, 1.82) is 0 Å². The molecule has 2 aromatic rings. The Morgan fingerprint density at radius 1 is 1.26 bits per heavy atom. The molecule has 0 saturated carbocycles. The summed E-state index contributed by atoms with van der Waals surface area (Å²) in [5, 5.41) is 3.64. The average molecular weight is 281 g/mol. The van der Waals surface area contributed by atoms with Crippen LogP contribution in [0.2, 0.25) is 0 Å². The van der Waals surface area contributed by atoms with Crippen LogP contribution in [0.4, 0.5) is 11.4 Å². The molecule has 0 unspecified atom stereocenters. The number of aromatic nitrogens is 1. The van der Waals surface area contributed by atoms with Gasteiger partial charge in [0.05, 0.1) is 0 Å². The molecule has 0 radical (unpaired) electrons. The van der Waals surface area contributed by atoms with E-state index in [0.717, 1.165) is 5.56 Å². The fraction of sp³-hybridized carbons (Fsp3) is 0.250. The van der Waals surface area contributed by atoms with Crippen LogP contribution in [0.15, 0.2) is 27.6 Å². The quantitative estimate of drug-likeness (QED) is 0.838. The topological polar surface area (TPSA) is 98.2 Å². The van der Waals surface area contributed by atoms with Gasteiger partial charge in [-0.05, 0) is 44.5 Å². The van der Waals surface area contributed by atoms with Crippen LogP contribution < -0.4 is 10.5 Å². The standard InChI is InChI=1S/C12H15N3O3S/c1-7-6-10(4-5-11(7)13)15-19(16,17)12-8(2)14-18-9(12)3/h4-6,15H,13H2,1-3H3. The second kappa shape index (κ2) is 4.58. The van der Waals surface area contributed by atoms with Gasteiger partial charge >= 0.3 is 0 Å². The van der Waals surface area contributed by atoms with E-state index in [4.69, 9.17) is 10.3 Å². The Balaban J connectivity index is 2.39. The van der Waals surface area contributed by atoms with Crippen molar-refractivity contribution in [3.05, 3.63) is 35.2 Å². The monoisotopic (exact) mass is 281 g/mol. The molecule has 2 rings (SSSR count). The van der Waals surface area contributed by atoms with Gasteiger partial charge in [-0.15, -0.1) is 0 Å². The minimum absolute atomic E-state index is 0.0713. The highest BCUT2D eigenvalue weighted by atomic mass is 32.2. The third-order valence-corrected chi connectivity index (χ3v) is 4.38. The summed E-state index contributed by atoms with van der Waals surface area (Å²) in [4.78, 5) is 0.0713. The molecule has 6 nitrogen and oxygen atoms in total. The highest BCUT2D eigenvalue weighted by molar-refractivity contribution is 7.92. The SMILES string of the molecule is Cc1cc(NS(=O)(=O)c2c(C)noc2C)ccc1N. The van der Waals surface area contributed by atoms with Crippen molar-refractivity contribution < 1.29 is 12.9 Å². The number of rotatable bonds is 3. The van der Waals surface area contributed by atoms with Gasteiger partial charge in [-0.3, -0.25) is 4.72 Å². The van der Waals surface area contributed by atoms with Crippen LogP contribution in [-0.2, 0) is 10.0 Å². The zero-order chi connectivity index (χ0) is 14.2. The van der Waals surface area contributed by atoms with Gasteiger partial charge in [-0.25, -0.2) is 8.42 Å². The van der Waals surface area contributed by atoms with Crippen molar-refractivity contribution in [2.24, 2.45) is 0 Å². The third-order valence-electron chi connectivity index (χ3n) is 2.76. The fourth-order valence-electron chi connectivity index (χ4n) is 1.80. The van der Waals surface area contributed by atoms with Crippen molar-refractivity contribution in [2.45, 2.75) is 25.7 Å². The molecule has 0 spiro atoms. The number of aryl methyl sites for hydroxylation is 3. The number of nitrogens with one attached hydrogen (secondary N) is 1. The molecule has 1 aromatic heterocycles. The van der Waals surface area contributed by atoms with Gasteiger partial charge in [0.2, 0.25) is 0 Å². The lowest BCUT2D eigenvalue weighted by Gasteiger charge is -2.09. The van der Waals surface area contributed by atoms with E-state index < -0.39 is 10.0 Å². The van der Waals surface area contributed by atoms with E-state index in [9.17, 15) is 8.42 Å². The average Bonchev–Trinajstić information content (AvgIpc) is 2.64. The summed E-state index contributed by atoms with van der Waals surface area (Å²) in [7, 11) is -3.71. The first kappa shape index (κ1) is 13.4. The Labute approximate surface area is 111 Å². The van der Waals surface area contributed by atoms with Crippen LogP contribution in [-0.4, -0.2) is 13.6 Å². The van der Waals surface area contributed by atoms with E-state index in [0.29, 0.717) is 17.1 Å². The fourth-order valence-corrected chi connectivity index (χ4v) is 3.18. The molecule has 19 heavy (non-hydrogen) atoms. The predicted molar refractivity (Wildman–Crippen MR) is 72.4 cm³/mol. The number of nitrogens with zero attached hydrogens (tertiary/aromatic N) is 1. The van der Waals surface area contributed by atoms with Gasteiger partial charge in [0.1, 0.15) is 5.69 Å². The lowest BCUT2D eigenvalue weighted by molar-refractivity contribution is 0.390. The molecule has 0 aliphatic heterocycles. The van der Waals surface area contributed by atoms with Crippen LogP contribution in [0.3, 0.4) is 0 Å². The Hall–Kier alpha value is -2.02. The molecule has 0 aliphatic carbocycles. The summed E-state index contributed by atoms with van der Waals surface area (Å²) < 4.78 is 31.9. The Kier molecular flexibility index (Phi) is 3.23. The lowest BCUT2D eigenvalue weighted by atomic mass is 10.2. The highest BCUT2D eigenvalue weighted by Crippen LogP contribution is 2.24. The van der Waals surface area contributed by atoms with E-state index in [-0.39, 0.29) is 10.7 Å². The largest absolute Gasteiger partial charge is 0.399 e. The first-order valence-electron chi connectivity index (χ1n) is 5.63. The number of nitrogens with two attached hydrogens (primary N) is 1. The number of nitrogen functional groups attached to an aromatic ring is 1. The maximum absolute atomic E-state index is 12.3. The normalized spacial score (nSPS) is 11.5. The maximum Gasteiger partial charge on any atom is 0.267 e. The first-order chi connectivity index (χ1) is 8.81. The van der Waals surface area contributed by atoms with E-state index in [2.05, 4.69) is 9.88 Å². The van der Waals surface area contributed by atoms with Crippen LogP contribution in [0.1, 0.15) is 17.0 Å². The lowest BCUT2D eigenvalue weighted by Crippen LogP contribution is -2.14. The molecule has 0 atom stereocenters. The smallest absolute Gasteiger partial charge is 0.267 e. The number of hydrogen-bond donors (Lipinski definition) is 2. The highest BCUT2D eigenvalue weighted by Gasteiger charge is 2.24. The number of sulfonamides is 1. The Morgan fingerprint density at radius 2 is 1.95 bits per heavy atom. The summed E-state index contributed by atoms with van der Waals surface area (Å²) in [6, 6.07) is 4.93. The molecular formula is C12H15N3O3S. The summed E-state index contributed by atoms with van der Waals surface area (Å²) in [6.45, 7) is 4.95. The zero-order valence-electron chi connectivity index (χ0n) is 10.9. The van der Waals surface area contributed by atoms with Gasteiger partial charge in [-0.2, -0.15) is 0 Å². The van der Waals surface area contributed by atoms with Crippen molar-refractivity contribution in [3.8, 4) is 0 Å². The van der Waals surface area contributed by atoms with Crippen LogP contribution in [0.5, 0.6) is 0 Å². The predicted octanol–water partition coefficient (Wildman–Crippen LogP) is 1.98. The molecule has 102 valence electrons. The first-order valence-corrected chi connectivity index (χ1v) is 7.11. The Bertz CT molecular complexity index is 700. The molecule has 1 heterocycles. The van der Waals surface area contributed by atoms with Crippen molar-refractivity contribution in [1.82, 2.24) is 5.16 Å². The van der Waals surface area contributed by atoms with Crippen molar-refractivity contribution >= 4 is 21.4 Å². The van der Waals surface area contributed by atoms with Crippen LogP contribution >= 0.6 is 0 Å². The van der Waals surface area contributed by atoms with Crippen LogP contribution in [0.25, 0.3) is 0 Å².